The molecule has 0 unspecified atom stereocenters. The van der Waals surface area contributed by atoms with Crippen molar-refractivity contribution in [3.05, 3.63) is 22.1 Å². The van der Waals surface area contributed by atoms with E-state index in [-0.39, 0.29) is 0 Å². The van der Waals surface area contributed by atoms with Gasteiger partial charge in [0.05, 0.1) is 5.02 Å². The summed E-state index contributed by atoms with van der Waals surface area (Å²) in [5.41, 5.74) is 1.58. The molecule has 0 spiro atoms. The minimum absolute atomic E-state index is 0.630. The third kappa shape index (κ3) is 0.956. The number of hydrogen-bond acceptors (Lipinski definition) is 2. The molecule has 1 N–H and O–H groups in total. The summed E-state index contributed by atoms with van der Waals surface area (Å²) >= 11 is 10.9. The van der Waals surface area contributed by atoms with Crippen LogP contribution in [0.1, 0.15) is 0 Å². The van der Waals surface area contributed by atoms with E-state index in [1.807, 2.05) is 7.05 Å². The Hall–Kier alpha value is -0.870. The minimum atomic E-state index is 0.630. The van der Waals surface area contributed by atoms with Crippen LogP contribution in [0.25, 0.3) is 11.2 Å². The summed E-state index contributed by atoms with van der Waals surface area (Å²) < 4.78 is 2.42. The van der Waals surface area contributed by atoms with Gasteiger partial charge in [0.1, 0.15) is 5.52 Å². The van der Waals surface area contributed by atoms with Crippen LogP contribution in [0.2, 0.25) is 5.02 Å². The molecular formula is C7H6ClN3S. The van der Waals surface area contributed by atoms with Crippen molar-refractivity contribution in [3.8, 4) is 0 Å². The quantitative estimate of drug-likeness (QED) is 0.661. The zero-order valence-electron chi connectivity index (χ0n) is 6.34. The predicted octanol–water partition coefficient (Wildman–Crippen LogP) is 2.28. The maximum absolute atomic E-state index is 5.91. The van der Waals surface area contributed by atoms with Gasteiger partial charge >= 0.3 is 0 Å². The second-order valence-corrected chi connectivity index (χ2v) is 3.27. The Morgan fingerprint density at radius 3 is 3.08 bits per heavy atom. The van der Waals surface area contributed by atoms with Crippen molar-refractivity contribution in [1.82, 2.24) is 14.5 Å². The number of halogens is 1. The molecule has 0 saturated carbocycles. The first-order chi connectivity index (χ1) is 5.70. The van der Waals surface area contributed by atoms with Crippen LogP contribution in [0.3, 0.4) is 0 Å². The van der Waals surface area contributed by atoms with Crippen LogP contribution >= 0.6 is 23.8 Å². The minimum Gasteiger partial charge on any atom is -0.328 e. The molecule has 5 heteroatoms. The number of aromatic amines is 1. The van der Waals surface area contributed by atoms with Crippen molar-refractivity contribution in [3.63, 3.8) is 0 Å². The van der Waals surface area contributed by atoms with Crippen LogP contribution in [-0.4, -0.2) is 14.5 Å². The molecule has 12 heavy (non-hydrogen) atoms. The van der Waals surface area contributed by atoms with Crippen molar-refractivity contribution in [2.75, 3.05) is 0 Å². The van der Waals surface area contributed by atoms with Gasteiger partial charge in [-0.1, -0.05) is 11.6 Å². The van der Waals surface area contributed by atoms with Crippen LogP contribution in [-0.2, 0) is 7.05 Å². The average Bonchev–Trinajstić information content (AvgIpc) is 2.32. The molecule has 0 aromatic carbocycles. The first-order valence-electron chi connectivity index (χ1n) is 3.39. The van der Waals surface area contributed by atoms with E-state index in [0.717, 1.165) is 11.2 Å². The normalized spacial score (nSPS) is 10.8. The standard InChI is InChI=1S/C7H6ClN3S/c1-11-6-5(10-7(11)12)4(8)2-3-9-6/h2-3H,1H3,(H,10,12). The Morgan fingerprint density at radius 2 is 2.42 bits per heavy atom. The van der Waals surface area contributed by atoms with E-state index in [9.17, 15) is 0 Å². The monoisotopic (exact) mass is 199 g/mol. The van der Waals surface area contributed by atoms with Crippen LogP contribution in [0.4, 0.5) is 0 Å². The third-order valence-electron chi connectivity index (χ3n) is 1.73. The first kappa shape index (κ1) is 7.76. The van der Waals surface area contributed by atoms with E-state index in [0.29, 0.717) is 9.79 Å². The molecule has 62 valence electrons. The molecule has 3 nitrogen and oxygen atoms in total. The second-order valence-electron chi connectivity index (χ2n) is 2.48. The Bertz CT molecular complexity index is 485. The molecule has 0 aliphatic carbocycles. The molecule has 0 saturated heterocycles. The van der Waals surface area contributed by atoms with E-state index in [1.54, 1.807) is 16.8 Å². The molecule has 0 aliphatic rings. The fourth-order valence-electron chi connectivity index (χ4n) is 1.08. The zero-order valence-corrected chi connectivity index (χ0v) is 7.91. The van der Waals surface area contributed by atoms with Gasteiger partial charge in [0.25, 0.3) is 0 Å². The van der Waals surface area contributed by atoms with Crippen LogP contribution < -0.4 is 0 Å². The van der Waals surface area contributed by atoms with E-state index < -0.39 is 0 Å². The van der Waals surface area contributed by atoms with Gasteiger partial charge in [-0.05, 0) is 18.3 Å². The Morgan fingerprint density at radius 1 is 1.67 bits per heavy atom. The number of fused-ring (bicyclic) bond motifs is 1. The number of nitrogens with one attached hydrogen (secondary N) is 1. The summed E-state index contributed by atoms with van der Waals surface area (Å²) in [6, 6.07) is 1.73. The number of rotatable bonds is 0. The van der Waals surface area contributed by atoms with Gasteiger partial charge in [0.15, 0.2) is 10.4 Å². The van der Waals surface area contributed by atoms with Crippen molar-refractivity contribution < 1.29 is 0 Å². The predicted molar refractivity (Wildman–Crippen MR) is 50.9 cm³/mol. The number of pyridine rings is 1. The lowest BCUT2D eigenvalue weighted by Crippen LogP contribution is -1.88. The van der Waals surface area contributed by atoms with Crippen molar-refractivity contribution in [2.45, 2.75) is 0 Å². The molecule has 2 heterocycles. The van der Waals surface area contributed by atoms with E-state index in [1.165, 1.54) is 0 Å². The van der Waals surface area contributed by atoms with Crippen molar-refractivity contribution in [2.24, 2.45) is 7.05 Å². The van der Waals surface area contributed by atoms with E-state index >= 15 is 0 Å². The summed E-state index contributed by atoms with van der Waals surface area (Å²) in [4.78, 5) is 7.12. The lowest BCUT2D eigenvalue weighted by molar-refractivity contribution is 0.912. The number of H-pyrrole nitrogens is 1. The zero-order chi connectivity index (χ0) is 8.72. The van der Waals surface area contributed by atoms with Crippen LogP contribution in [0.15, 0.2) is 12.3 Å². The average molecular weight is 200 g/mol. The molecule has 2 aromatic heterocycles. The van der Waals surface area contributed by atoms with Gasteiger partial charge < -0.3 is 9.55 Å². The van der Waals surface area contributed by atoms with Crippen LogP contribution in [0, 0.1) is 4.77 Å². The van der Waals surface area contributed by atoms with E-state index in [4.69, 9.17) is 23.8 Å². The highest BCUT2D eigenvalue weighted by Gasteiger charge is 2.04. The maximum Gasteiger partial charge on any atom is 0.179 e. The Kier molecular flexibility index (Phi) is 1.66. The number of aromatic nitrogens is 3. The van der Waals surface area contributed by atoms with Gasteiger partial charge in [-0.2, -0.15) is 0 Å². The van der Waals surface area contributed by atoms with Gasteiger partial charge in [-0.25, -0.2) is 4.98 Å². The molecule has 2 aromatic rings. The Balaban J connectivity index is 3.05. The fourth-order valence-corrected chi connectivity index (χ4v) is 1.46. The van der Waals surface area contributed by atoms with Gasteiger partial charge in [0, 0.05) is 13.2 Å². The van der Waals surface area contributed by atoms with Crippen molar-refractivity contribution >= 4 is 35.0 Å². The lowest BCUT2D eigenvalue weighted by atomic mass is 10.4. The summed E-state index contributed by atoms with van der Waals surface area (Å²) in [7, 11) is 1.85. The smallest absolute Gasteiger partial charge is 0.179 e. The van der Waals surface area contributed by atoms with Crippen LogP contribution in [0.5, 0.6) is 0 Å². The van der Waals surface area contributed by atoms with Gasteiger partial charge in [-0.15, -0.1) is 0 Å². The lowest BCUT2D eigenvalue weighted by Gasteiger charge is -1.92. The van der Waals surface area contributed by atoms with E-state index in [2.05, 4.69) is 9.97 Å². The first-order valence-corrected chi connectivity index (χ1v) is 4.18. The topological polar surface area (TPSA) is 33.6 Å². The highest BCUT2D eigenvalue weighted by molar-refractivity contribution is 7.71. The summed E-state index contributed by atoms with van der Waals surface area (Å²) in [6.45, 7) is 0. The molecule has 0 atom stereocenters. The molecule has 0 radical (unpaired) electrons. The van der Waals surface area contributed by atoms with Gasteiger partial charge in [0.2, 0.25) is 0 Å². The Labute approximate surface area is 79.0 Å². The molecule has 2 rings (SSSR count). The SMILES string of the molecule is Cn1c(=S)[nH]c2c(Cl)ccnc21. The molecule has 0 fully saturated rings. The largest absolute Gasteiger partial charge is 0.328 e. The number of nitrogens with zero attached hydrogens (tertiary/aromatic N) is 2. The third-order valence-corrected chi connectivity index (χ3v) is 2.43. The molecular weight excluding hydrogens is 194 g/mol. The summed E-state index contributed by atoms with van der Waals surface area (Å²) in [6.07, 6.45) is 1.66. The molecule has 0 amide bonds. The molecule has 0 aliphatic heterocycles. The van der Waals surface area contributed by atoms with Gasteiger partial charge in [-0.3, -0.25) is 0 Å². The van der Waals surface area contributed by atoms with Crippen molar-refractivity contribution in [1.29, 1.82) is 0 Å². The highest BCUT2D eigenvalue weighted by atomic mass is 35.5. The molecule has 0 bridgehead atoms. The number of aryl methyl sites for hydroxylation is 1. The fraction of sp³-hybridized carbons (Fsp3) is 0.143. The summed E-state index contributed by atoms with van der Waals surface area (Å²) in [5.74, 6) is 0. The number of imidazole rings is 1. The summed E-state index contributed by atoms with van der Waals surface area (Å²) in [5, 5.41) is 0.645. The second kappa shape index (κ2) is 2.57. The maximum atomic E-state index is 5.91. The highest BCUT2D eigenvalue weighted by Crippen LogP contribution is 2.19. The number of hydrogen-bond donors (Lipinski definition) is 1.